The van der Waals surface area contributed by atoms with Gasteiger partial charge in [-0.15, -0.1) is 0 Å². The van der Waals surface area contributed by atoms with Crippen molar-refractivity contribution in [1.29, 1.82) is 0 Å². The summed E-state index contributed by atoms with van der Waals surface area (Å²) in [5, 5.41) is 2.19. The molecule has 0 radical (unpaired) electrons. The van der Waals surface area contributed by atoms with Gasteiger partial charge in [0.15, 0.2) is 0 Å². The first-order valence-electron chi connectivity index (χ1n) is 6.23. The van der Waals surface area contributed by atoms with E-state index in [0.717, 1.165) is 22.1 Å². The quantitative estimate of drug-likeness (QED) is 0.774. The van der Waals surface area contributed by atoms with E-state index < -0.39 is 5.97 Å². The monoisotopic (exact) mass is 254 g/mol. The Kier molecular flexibility index (Phi) is 2.71. The maximum absolute atomic E-state index is 11.9. The Hall–Kier alpha value is -2.36. The molecule has 1 heterocycles. The third-order valence-electron chi connectivity index (χ3n) is 3.22. The topological polar surface area (TPSA) is 41.9 Å². The Labute approximate surface area is 111 Å². The molecule has 0 spiro atoms. The fourth-order valence-corrected chi connectivity index (χ4v) is 2.36. The van der Waals surface area contributed by atoms with Crippen molar-refractivity contribution in [2.75, 3.05) is 18.6 Å². The zero-order chi connectivity index (χ0) is 13.4. The Bertz CT molecular complexity index is 686. The predicted octanol–water partition coefficient (Wildman–Crippen LogP) is 2.88. The first-order chi connectivity index (χ1) is 9.22. The number of hydrogen-bond acceptors (Lipinski definition) is 4. The highest BCUT2D eigenvalue weighted by Crippen LogP contribution is 2.37. The molecule has 96 valence electrons. The maximum atomic E-state index is 11.9. The van der Waals surface area contributed by atoms with Gasteiger partial charge in [-0.05, 0) is 24.4 Å². The molecule has 0 aliphatic carbocycles. The molecule has 2 aromatic rings. The Morgan fingerprint density at radius 1 is 1.26 bits per heavy atom. The summed E-state index contributed by atoms with van der Waals surface area (Å²) in [6.45, 7) is 2.13. The average Bonchev–Trinajstić information content (AvgIpc) is 2.43. The first-order valence-corrected chi connectivity index (χ1v) is 6.23. The Morgan fingerprint density at radius 3 is 2.74 bits per heavy atom. The number of anilines is 1. The van der Waals surface area contributed by atoms with Gasteiger partial charge in [0.2, 0.25) is 5.84 Å². The van der Waals surface area contributed by atoms with Crippen molar-refractivity contribution >= 4 is 34.0 Å². The third-order valence-corrected chi connectivity index (χ3v) is 3.22. The van der Waals surface area contributed by atoms with E-state index in [9.17, 15) is 4.79 Å². The fourth-order valence-electron chi connectivity index (χ4n) is 2.36. The lowest BCUT2D eigenvalue weighted by Crippen LogP contribution is -2.36. The predicted molar refractivity (Wildman–Crippen MR) is 76.1 cm³/mol. The molecule has 0 bridgehead atoms. The lowest BCUT2D eigenvalue weighted by molar-refractivity contribution is -0.135. The molecule has 0 saturated heterocycles. The van der Waals surface area contributed by atoms with Crippen LogP contribution in [0.25, 0.3) is 10.8 Å². The summed E-state index contributed by atoms with van der Waals surface area (Å²) in [5.74, 6) is -0.0652. The number of carbonyl (C=O) groups excluding carboxylic acids is 1. The molecule has 0 atom stereocenters. The summed E-state index contributed by atoms with van der Waals surface area (Å²) >= 11 is 0. The van der Waals surface area contributed by atoms with E-state index in [4.69, 9.17) is 4.74 Å². The molecule has 0 fully saturated rings. The highest BCUT2D eigenvalue weighted by molar-refractivity contribution is 6.43. The molecule has 19 heavy (non-hydrogen) atoms. The molecule has 0 aromatic heterocycles. The van der Waals surface area contributed by atoms with Crippen LogP contribution in [-0.2, 0) is 9.53 Å². The second kappa shape index (κ2) is 4.39. The molecule has 0 amide bonds. The Morgan fingerprint density at radius 2 is 2.00 bits per heavy atom. The highest BCUT2D eigenvalue weighted by Gasteiger charge is 2.25. The summed E-state index contributed by atoms with van der Waals surface area (Å²) in [6.07, 6.45) is 0. The Balaban J connectivity index is 2.21. The molecule has 0 unspecified atom stereocenters. The van der Waals surface area contributed by atoms with Gasteiger partial charge in [-0.2, -0.15) is 0 Å². The van der Waals surface area contributed by atoms with Crippen LogP contribution in [0.4, 0.5) is 11.4 Å². The second-order valence-corrected chi connectivity index (χ2v) is 4.37. The largest absolute Gasteiger partial charge is 0.460 e. The van der Waals surface area contributed by atoms with Crippen molar-refractivity contribution in [3.8, 4) is 0 Å². The number of hydrogen-bond donors (Lipinski definition) is 0. The minimum absolute atomic E-state index is 0.327. The van der Waals surface area contributed by atoms with Crippen molar-refractivity contribution in [2.24, 2.45) is 4.99 Å². The average molecular weight is 254 g/mol. The summed E-state index contributed by atoms with van der Waals surface area (Å²) in [5.41, 5.74) is 1.79. The van der Waals surface area contributed by atoms with Gasteiger partial charge in [-0.3, -0.25) is 0 Å². The SMILES string of the molecule is CCOC(=O)C1=Nc2cccc3cccc(c23)N1C. The van der Waals surface area contributed by atoms with Crippen LogP contribution in [0, 0.1) is 0 Å². The van der Waals surface area contributed by atoms with Gasteiger partial charge in [0.1, 0.15) is 0 Å². The van der Waals surface area contributed by atoms with Crippen molar-refractivity contribution < 1.29 is 9.53 Å². The molecule has 1 aliphatic heterocycles. The van der Waals surface area contributed by atoms with Crippen LogP contribution in [0.15, 0.2) is 41.4 Å². The van der Waals surface area contributed by atoms with Crippen LogP contribution < -0.4 is 4.90 Å². The number of ether oxygens (including phenoxy) is 1. The number of nitrogens with zero attached hydrogens (tertiary/aromatic N) is 2. The van der Waals surface area contributed by atoms with Crippen LogP contribution in [0.1, 0.15) is 6.92 Å². The van der Waals surface area contributed by atoms with Crippen LogP contribution >= 0.6 is 0 Å². The van der Waals surface area contributed by atoms with Gasteiger partial charge in [0.05, 0.1) is 18.0 Å². The molecular weight excluding hydrogens is 240 g/mol. The van der Waals surface area contributed by atoms with Gasteiger partial charge >= 0.3 is 5.97 Å². The zero-order valence-electron chi connectivity index (χ0n) is 10.9. The minimum Gasteiger partial charge on any atom is -0.460 e. The van der Waals surface area contributed by atoms with Crippen LogP contribution in [0.5, 0.6) is 0 Å². The number of aliphatic imine (C=N–C) groups is 1. The molecule has 3 rings (SSSR count). The van der Waals surface area contributed by atoms with Gasteiger partial charge in [0, 0.05) is 12.4 Å². The summed E-state index contributed by atoms with van der Waals surface area (Å²) < 4.78 is 5.05. The molecule has 2 aromatic carbocycles. The van der Waals surface area contributed by atoms with Crippen molar-refractivity contribution in [1.82, 2.24) is 0 Å². The van der Waals surface area contributed by atoms with Gasteiger partial charge < -0.3 is 9.64 Å². The van der Waals surface area contributed by atoms with E-state index in [1.165, 1.54) is 0 Å². The maximum Gasteiger partial charge on any atom is 0.374 e. The normalized spacial score (nSPS) is 13.4. The third kappa shape index (κ3) is 1.76. The minimum atomic E-state index is -0.392. The van der Waals surface area contributed by atoms with Crippen molar-refractivity contribution in [2.45, 2.75) is 6.92 Å². The van der Waals surface area contributed by atoms with E-state index in [1.807, 2.05) is 43.4 Å². The van der Waals surface area contributed by atoms with E-state index in [0.29, 0.717) is 12.4 Å². The van der Waals surface area contributed by atoms with Crippen molar-refractivity contribution in [3.05, 3.63) is 36.4 Å². The van der Waals surface area contributed by atoms with Crippen LogP contribution in [-0.4, -0.2) is 25.5 Å². The summed E-state index contributed by atoms with van der Waals surface area (Å²) in [6, 6.07) is 11.9. The smallest absolute Gasteiger partial charge is 0.374 e. The van der Waals surface area contributed by atoms with Crippen molar-refractivity contribution in [3.63, 3.8) is 0 Å². The van der Waals surface area contributed by atoms with E-state index in [-0.39, 0.29) is 0 Å². The molecule has 0 N–H and O–H groups in total. The van der Waals surface area contributed by atoms with Gasteiger partial charge in [0.25, 0.3) is 0 Å². The summed E-state index contributed by atoms with van der Waals surface area (Å²) in [4.78, 5) is 18.2. The van der Waals surface area contributed by atoms with Crippen LogP contribution in [0.3, 0.4) is 0 Å². The van der Waals surface area contributed by atoms with E-state index in [1.54, 1.807) is 11.8 Å². The molecule has 4 nitrogen and oxygen atoms in total. The summed E-state index contributed by atoms with van der Waals surface area (Å²) in [7, 11) is 1.83. The fraction of sp³-hybridized carbons (Fsp3) is 0.200. The number of benzene rings is 2. The lowest BCUT2D eigenvalue weighted by atomic mass is 10.0. The molecule has 4 heteroatoms. The molecule has 0 saturated carbocycles. The van der Waals surface area contributed by atoms with Gasteiger partial charge in [-0.1, -0.05) is 24.3 Å². The number of likely N-dealkylation sites (N-methyl/N-ethyl adjacent to an activating group) is 1. The molecular formula is C15H14N2O2. The number of esters is 1. The standard InChI is InChI=1S/C15H14N2O2/c1-3-19-15(18)14-16-11-8-4-6-10-7-5-9-12(13(10)11)17(14)2/h4-9H,3H2,1-2H3. The van der Waals surface area contributed by atoms with E-state index in [2.05, 4.69) is 4.99 Å². The van der Waals surface area contributed by atoms with Crippen LogP contribution in [0.2, 0.25) is 0 Å². The number of carbonyl (C=O) groups is 1. The number of amidine groups is 1. The first kappa shape index (κ1) is 11.7. The zero-order valence-corrected chi connectivity index (χ0v) is 10.9. The second-order valence-electron chi connectivity index (χ2n) is 4.37. The highest BCUT2D eigenvalue weighted by atomic mass is 16.5. The number of rotatable bonds is 2. The van der Waals surface area contributed by atoms with Gasteiger partial charge in [-0.25, -0.2) is 9.79 Å². The molecule has 1 aliphatic rings. The van der Waals surface area contributed by atoms with E-state index >= 15 is 0 Å². The lowest BCUT2D eigenvalue weighted by Gasteiger charge is -2.26.